The molecular weight excluding hydrogens is 340 g/mol. The van der Waals surface area contributed by atoms with Gasteiger partial charge in [-0.2, -0.15) is 0 Å². The van der Waals surface area contributed by atoms with Gasteiger partial charge in [-0.05, 0) is 72.6 Å². The molecule has 27 heavy (non-hydrogen) atoms. The summed E-state index contributed by atoms with van der Waals surface area (Å²) in [6.45, 7) is 0.912. The highest BCUT2D eigenvalue weighted by Crippen LogP contribution is 2.34. The lowest BCUT2D eigenvalue weighted by Gasteiger charge is -2.29. The molecule has 0 aromatic heterocycles. The molecule has 0 aliphatic carbocycles. The van der Waals surface area contributed by atoms with Crippen LogP contribution in [-0.4, -0.2) is 31.5 Å². The SMILES string of the molecule is COc1ccc([C@@H]2CCC[C@H](CO)O2)cc1Cc1ccc2c(c1)CCCO2. The van der Waals surface area contributed by atoms with Crippen molar-refractivity contribution >= 4 is 0 Å². The van der Waals surface area contributed by atoms with Gasteiger partial charge in [0.05, 0.1) is 32.5 Å². The molecule has 0 bridgehead atoms. The molecule has 0 unspecified atom stereocenters. The molecule has 4 nitrogen and oxygen atoms in total. The summed E-state index contributed by atoms with van der Waals surface area (Å²) in [5, 5.41) is 9.43. The first-order chi connectivity index (χ1) is 13.3. The molecule has 2 aliphatic heterocycles. The quantitative estimate of drug-likeness (QED) is 0.859. The Morgan fingerprint density at radius 3 is 2.89 bits per heavy atom. The van der Waals surface area contributed by atoms with Crippen LogP contribution in [0.5, 0.6) is 11.5 Å². The third kappa shape index (κ3) is 4.12. The van der Waals surface area contributed by atoms with Crippen molar-refractivity contribution in [2.24, 2.45) is 0 Å². The highest BCUT2D eigenvalue weighted by molar-refractivity contribution is 5.44. The van der Waals surface area contributed by atoms with Crippen LogP contribution in [0.25, 0.3) is 0 Å². The lowest BCUT2D eigenvalue weighted by atomic mass is 9.94. The fourth-order valence-corrected chi connectivity index (χ4v) is 4.16. The summed E-state index contributed by atoms with van der Waals surface area (Å²) in [4.78, 5) is 0. The van der Waals surface area contributed by atoms with E-state index in [0.29, 0.717) is 0 Å². The van der Waals surface area contributed by atoms with Crippen molar-refractivity contribution in [3.05, 3.63) is 58.7 Å². The Balaban J connectivity index is 1.58. The van der Waals surface area contributed by atoms with Gasteiger partial charge < -0.3 is 19.3 Å². The van der Waals surface area contributed by atoms with Gasteiger partial charge in [0.1, 0.15) is 11.5 Å². The van der Waals surface area contributed by atoms with Gasteiger partial charge in [-0.25, -0.2) is 0 Å². The monoisotopic (exact) mass is 368 g/mol. The number of ether oxygens (including phenoxy) is 3. The van der Waals surface area contributed by atoms with Crippen molar-refractivity contribution in [2.45, 2.75) is 50.7 Å². The minimum Gasteiger partial charge on any atom is -0.496 e. The molecule has 144 valence electrons. The Morgan fingerprint density at radius 2 is 2.04 bits per heavy atom. The zero-order chi connectivity index (χ0) is 18.6. The minimum absolute atomic E-state index is 0.0463. The highest BCUT2D eigenvalue weighted by Gasteiger charge is 2.24. The number of hydrogen-bond donors (Lipinski definition) is 1. The van der Waals surface area contributed by atoms with E-state index in [1.54, 1.807) is 7.11 Å². The number of aliphatic hydroxyl groups excluding tert-OH is 1. The Morgan fingerprint density at radius 1 is 1.11 bits per heavy atom. The van der Waals surface area contributed by atoms with E-state index in [-0.39, 0.29) is 18.8 Å². The Bertz CT molecular complexity index is 786. The summed E-state index contributed by atoms with van der Waals surface area (Å²) in [5.74, 6) is 1.93. The molecule has 0 radical (unpaired) electrons. The van der Waals surface area contributed by atoms with Crippen LogP contribution >= 0.6 is 0 Å². The molecule has 4 rings (SSSR count). The van der Waals surface area contributed by atoms with Gasteiger partial charge in [0.15, 0.2) is 0 Å². The second-order valence-corrected chi connectivity index (χ2v) is 7.50. The van der Waals surface area contributed by atoms with E-state index in [4.69, 9.17) is 14.2 Å². The summed E-state index contributed by atoms with van der Waals surface area (Å²) in [7, 11) is 1.72. The second-order valence-electron chi connectivity index (χ2n) is 7.50. The van der Waals surface area contributed by atoms with E-state index >= 15 is 0 Å². The van der Waals surface area contributed by atoms with Gasteiger partial charge in [-0.15, -0.1) is 0 Å². The first kappa shape index (κ1) is 18.3. The molecule has 1 N–H and O–H groups in total. The maximum atomic E-state index is 9.43. The normalized spacial score (nSPS) is 22.0. The van der Waals surface area contributed by atoms with Gasteiger partial charge in [0.25, 0.3) is 0 Å². The first-order valence-electron chi connectivity index (χ1n) is 9.94. The molecule has 2 aromatic carbocycles. The van der Waals surface area contributed by atoms with Crippen molar-refractivity contribution in [3.8, 4) is 11.5 Å². The van der Waals surface area contributed by atoms with Crippen molar-refractivity contribution in [2.75, 3.05) is 20.3 Å². The topological polar surface area (TPSA) is 47.9 Å². The molecule has 2 atom stereocenters. The van der Waals surface area contributed by atoms with Crippen molar-refractivity contribution in [1.82, 2.24) is 0 Å². The van der Waals surface area contributed by atoms with E-state index in [1.807, 2.05) is 6.07 Å². The fourth-order valence-electron chi connectivity index (χ4n) is 4.16. The van der Waals surface area contributed by atoms with Crippen LogP contribution in [0.1, 0.15) is 54.0 Å². The van der Waals surface area contributed by atoms with E-state index in [2.05, 4.69) is 30.3 Å². The number of fused-ring (bicyclic) bond motifs is 1. The van der Waals surface area contributed by atoms with Gasteiger partial charge in [0.2, 0.25) is 0 Å². The maximum absolute atomic E-state index is 9.43. The zero-order valence-electron chi connectivity index (χ0n) is 15.9. The third-order valence-corrected chi connectivity index (χ3v) is 5.60. The Labute approximate surface area is 161 Å². The Kier molecular flexibility index (Phi) is 5.65. The van der Waals surface area contributed by atoms with E-state index < -0.39 is 0 Å². The third-order valence-electron chi connectivity index (χ3n) is 5.60. The largest absolute Gasteiger partial charge is 0.496 e. The van der Waals surface area contributed by atoms with Crippen LogP contribution in [0.15, 0.2) is 36.4 Å². The molecule has 2 heterocycles. The van der Waals surface area contributed by atoms with Crippen molar-refractivity contribution in [1.29, 1.82) is 0 Å². The molecular formula is C23H28O4. The summed E-state index contributed by atoms with van der Waals surface area (Å²) in [6.07, 6.45) is 6.01. The number of hydrogen-bond acceptors (Lipinski definition) is 4. The molecule has 0 amide bonds. The smallest absolute Gasteiger partial charge is 0.122 e. The van der Waals surface area contributed by atoms with E-state index in [9.17, 15) is 5.11 Å². The molecule has 2 aliphatic rings. The van der Waals surface area contributed by atoms with Crippen LogP contribution in [0.4, 0.5) is 0 Å². The summed E-state index contributed by atoms with van der Waals surface area (Å²) >= 11 is 0. The summed E-state index contributed by atoms with van der Waals surface area (Å²) in [6, 6.07) is 12.8. The highest BCUT2D eigenvalue weighted by atomic mass is 16.5. The number of benzene rings is 2. The Hall–Kier alpha value is -2.04. The van der Waals surface area contributed by atoms with Crippen molar-refractivity contribution < 1.29 is 19.3 Å². The lowest BCUT2D eigenvalue weighted by molar-refractivity contribution is -0.0737. The molecule has 2 aromatic rings. The standard InChI is InChI=1S/C23H28O4/c1-25-21-10-8-18(23-6-2-5-20(15-24)27-23)14-19(21)13-16-7-9-22-17(12-16)4-3-11-26-22/h7-10,12,14,20,23-24H,2-6,11,13,15H2,1H3/t20-,23+/m1/s1. The van der Waals surface area contributed by atoms with Crippen LogP contribution in [0, 0.1) is 0 Å². The van der Waals surface area contributed by atoms with Crippen LogP contribution in [0.3, 0.4) is 0 Å². The van der Waals surface area contributed by atoms with Crippen LogP contribution in [-0.2, 0) is 17.6 Å². The minimum atomic E-state index is -0.0463. The average Bonchev–Trinajstić information content (AvgIpc) is 2.73. The average molecular weight is 368 g/mol. The molecule has 4 heteroatoms. The number of methoxy groups -OCH3 is 1. The predicted molar refractivity (Wildman–Crippen MR) is 105 cm³/mol. The molecule has 1 fully saturated rings. The fraction of sp³-hybridized carbons (Fsp3) is 0.478. The molecule has 1 saturated heterocycles. The van der Waals surface area contributed by atoms with Gasteiger partial charge in [0, 0.05) is 6.42 Å². The van der Waals surface area contributed by atoms with Gasteiger partial charge in [-0.1, -0.05) is 18.2 Å². The van der Waals surface area contributed by atoms with Gasteiger partial charge in [-0.3, -0.25) is 0 Å². The van der Waals surface area contributed by atoms with Gasteiger partial charge >= 0.3 is 0 Å². The maximum Gasteiger partial charge on any atom is 0.122 e. The van der Waals surface area contributed by atoms with E-state index in [0.717, 1.165) is 56.6 Å². The van der Waals surface area contributed by atoms with E-state index in [1.165, 1.54) is 22.3 Å². The van der Waals surface area contributed by atoms with Crippen LogP contribution in [0.2, 0.25) is 0 Å². The van der Waals surface area contributed by atoms with Crippen LogP contribution < -0.4 is 9.47 Å². The number of aryl methyl sites for hydroxylation is 1. The second kappa shape index (κ2) is 8.32. The summed E-state index contributed by atoms with van der Waals surface area (Å²) < 4.78 is 17.4. The van der Waals surface area contributed by atoms with Crippen molar-refractivity contribution in [3.63, 3.8) is 0 Å². The lowest BCUT2D eigenvalue weighted by Crippen LogP contribution is -2.25. The molecule has 0 spiro atoms. The number of aliphatic hydroxyl groups is 1. The summed E-state index contributed by atoms with van der Waals surface area (Å²) in [5.41, 5.74) is 4.91. The predicted octanol–water partition coefficient (Wildman–Crippen LogP) is 4.21. The zero-order valence-corrected chi connectivity index (χ0v) is 15.9. The molecule has 0 saturated carbocycles. The first-order valence-corrected chi connectivity index (χ1v) is 9.94. The number of rotatable bonds is 5.